The predicted octanol–water partition coefficient (Wildman–Crippen LogP) is 1.92. The molecule has 1 saturated heterocycles. The molecule has 1 aromatic heterocycles. The van der Waals surface area contributed by atoms with Gasteiger partial charge < -0.3 is 10.2 Å². The molecule has 1 aliphatic rings. The normalized spacial score (nSPS) is 18.5. The topological polar surface area (TPSA) is 50.2 Å². The highest BCUT2D eigenvalue weighted by Gasteiger charge is 2.25. The molecule has 5 heteroatoms. The van der Waals surface area contributed by atoms with Gasteiger partial charge in [-0.25, -0.2) is 4.68 Å². The number of carbonyl (C=O) groups is 1. The fourth-order valence-electron chi connectivity index (χ4n) is 2.95. The first kappa shape index (κ1) is 14.8. The summed E-state index contributed by atoms with van der Waals surface area (Å²) in [6.07, 6.45) is 1.69. The summed E-state index contributed by atoms with van der Waals surface area (Å²) in [4.78, 5) is 14.7. The molecule has 1 N–H and O–H groups in total. The molecule has 2 heterocycles. The van der Waals surface area contributed by atoms with Gasteiger partial charge in [-0.05, 0) is 32.4 Å². The predicted molar refractivity (Wildman–Crippen MR) is 86.4 cm³/mol. The van der Waals surface area contributed by atoms with Crippen LogP contribution >= 0.6 is 0 Å². The smallest absolute Gasteiger partial charge is 0.257 e. The molecule has 116 valence electrons. The van der Waals surface area contributed by atoms with Gasteiger partial charge in [0, 0.05) is 25.7 Å². The van der Waals surface area contributed by atoms with Crippen LogP contribution < -0.4 is 5.32 Å². The lowest BCUT2D eigenvalue weighted by atomic mass is 10.1. The maximum absolute atomic E-state index is 12.7. The van der Waals surface area contributed by atoms with Gasteiger partial charge in [-0.2, -0.15) is 5.10 Å². The number of amides is 1. The largest absolute Gasteiger partial charge is 0.336 e. The highest BCUT2D eigenvalue weighted by atomic mass is 16.2. The summed E-state index contributed by atoms with van der Waals surface area (Å²) in [6.45, 7) is 8.45. The first-order valence-corrected chi connectivity index (χ1v) is 7.71. The Balaban J connectivity index is 1.90. The first-order valence-electron chi connectivity index (χ1n) is 7.71. The van der Waals surface area contributed by atoms with Crippen molar-refractivity contribution >= 4 is 5.91 Å². The highest BCUT2D eigenvalue weighted by molar-refractivity contribution is 5.95. The molecule has 1 fully saturated rings. The van der Waals surface area contributed by atoms with E-state index in [-0.39, 0.29) is 5.91 Å². The summed E-state index contributed by atoms with van der Waals surface area (Å²) < 4.78 is 1.86. The molecule has 1 aliphatic heterocycles. The summed E-state index contributed by atoms with van der Waals surface area (Å²) in [6, 6.07) is 8.41. The SMILES string of the molecule is Cc1ccccc1-n1ncc(C(=O)N2CCNC(C)C2)c1C. The average Bonchev–Trinajstić information content (AvgIpc) is 2.88. The summed E-state index contributed by atoms with van der Waals surface area (Å²) in [5.74, 6) is 0.0747. The van der Waals surface area contributed by atoms with E-state index in [4.69, 9.17) is 0 Å². The molecule has 3 rings (SSSR count). The van der Waals surface area contributed by atoms with Gasteiger partial charge in [0.15, 0.2) is 0 Å². The third-order valence-corrected chi connectivity index (χ3v) is 4.24. The number of nitrogens with zero attached hydrogens (tertiary/aromatic N) is 3. The van der Waals surface area contributed by atoms with E-state index in [1.165, 1.54) is 0 Å². The molecule has 0 spiro atoms. The van der Waals surface area contributed by atoms with Gasteiger partial charge in [0.2, 0.25) is 0 Å². The Hall–Kier alpha value is -2.14. The van der Waals surface area contributed by atoms with Gasteiger partial charge in [0.25, 0.3) is 5.91 Å². The lowest BCUT2D eigenvalue weighted by Gasteiger charge is -2.31. The van der Waals surface area contributed by atoms with Crippen LogP contribution in [0.2, 0.25) is 0 Å². The lowest BCUT2D eigenvalue weighted by molar-refractivity contribution is 0.0708. The molecule has 1 aromatic carbocycles. The second kappa shape index (κ2) is 5.93. The number of piperazine rings is 1. The molecule has 1 amide bonds. The molecule has 5 nitrogen and oxygen atoms in total. The number of para-hydroxylation sites is 1. The van der Waals surface area contributed by atoms with Gasteiger partial charge in [-0.1, -0.05) is 18.2 Å². The van der Waals surface area contributed by atoms with E-state index in [0.717, 1.165) is 36.6 Å². The van der Waals surface area contributed by atoms with Crippen molar-refractivity contribution in [1.82, 2.24) is 20.0 Å². The zero-order chi connectivity index (χ0) is 15.7. The number of hydrogen-bond acceptors (Lipinski definition) is 3. The zero-order valence-electron chi connectivity index (χ0n) is 13.3. The third kappa shape index (κ3) is 2.64. The van der Waals surface area contributed by atoms with E-state index in [9.17, 15) is 4.79 Å². The molecule has 0 bridgehead atoms. The number of rotatable bonds is 2. The summed E-state index contributed by atoms with van der Waals surface area (Å²) in [5, 5.41) is 7.79. The number of benzene rings is 1. The van der Waals surface area contributed by atoms with Crippen molar-refractivity contribution in [2.24, 2.45) is 0 Å². The van der Waals surface area contributed by atoms with E-state index >= 15 is 0 Å². The maximum Gasteiger partial charge on any atom is 0.257 e. The lowest BCUT2D eigenvalue weighted by Crippen LogP contribution is -2.51. The quantitative estimate of drug-likeness (QED) is 0.921. The minimum Gasteiger partial charge on any atom is -0.336 e. The maximum atomic E-state index is 12.7. The van der Waals surface area contributed by atoms with Crippen molar-refractivity contribution in [3.8, 4) is 5.69 Å². The van der Waals surface area contributed by atoms with Crippen LogP contribution in [0.15, 0.2) is 30.5 Å². The van der Waals surface area contributed by atoms with Crippen molar-refractivity contribution < 1.29 is 4.79 Å². The highest BCUT2D eigenvalue weighted by Crippen LogP contribution is 2.19. The summed E-state index contributed by atoms with van der Waals surface area (Å²) >= 11 is 0. The van der Waals surface area contributed by atoms with Crippen LogP contribution in [-0.2, 0) is 0 Å². The number of carbonyl (C=O) groups excluding carboxylic acids is 1. The Kier molecular flexibility index (Phi) is 3.98. The van der Waals surface area contributed by atoms with Crippen LogP contribution in [0, 0.1) is 13.8 Å². The van der Waals surface area contributed by atoms with Crippen LogP contribution in [0.4, 0.5) is 0 Å². The molecular weight excluding hydrogens is 276 g/mol. The fourth-order valence-corrected chi connectivity index (χ4v) is 2.95. The number of hydrogen-bond donors (Lipinski definition) is 1. The minimum atomic E-state index is 0.0747. The molecular formula is C17H22N4O. The van der Waals surface area contributed by atoms with E-state index in [2.05, 4.69) is 30.3 Å². The van der Waals surface area contributed by atoms with Gasteiger partial charge in [-0.15, -0.1) is 0 Å². The number of aromatic nitrogens is 2. The average molecular weight is 298 g/mol. The van der Waals surface area contributed by atoms with Crippen LogP contribution in [0.25, 0.3) is 5.69 Å². The second-order valence-corrected chi connectivity index (χ2v) is 5.95. The van der Waals surface area contributed by atoms with Crippen LogP contribution in [0.5, 0.6) is 0 Å². The Morgan fingerprint density at radius 3 is 2.82 bits per heavy atom. The zero-order valence-corrected chi connectivity index (χ0v) is 13.3. The Morgan fingerprint density at radius 1 is 1.32 bits per heavy atom. The van der Waals surface area contributed by atoms with Crippen molar-refractivity contribution in [1.29, 1.82) is 0 Å². The second-order valence-electron chi connectivity index (χ2n) is 5.95. The standard InChI is InChI=1S/C17H22N4O/c1-12-6-4-5-7-16(12)21-14(3)15(10-19-21)17(22)20-9-8-18-13(2)11-20/h4-7,10,13,18H,8-9,11H2,1-3H3. The first-order chi connectivity index (χ1) is 10.6. The number of aryl methyl sites for hydroxylation is 1. The van der Waals surface area contributed by atoms with E-state index in [0.29, 0.717) is 11.6 Å². The van der Waals surface area contributed by atoms with Gasteiger partial charge >= 0.3 is 0 Å². The molecule has 1 unspecified atom stereocenters. The van der Waals surface area contributed by atoms with E-state index in [1.54, 1.807) is 6.20 Å². The third-order valence-electron chi connectivity index (χ3n) is 4.24. The molecule has 0 aliphatic carbocycles. The molecule has 2 aromatic rings. The number of nitrogens with one attached hydrogen (secondary N) is 1. The molecule has 0 radical (unpaired) electrons. The van der Waals surface area contributed by atoms with E-state index in [1.807, 2.05) is 34.7 Å². The van der Waals surface area contributed by atoms with Crippen molar-refractivity contribution in [3.05, 3.63) is 47.3 Å². The monoisotopic (exact) mass is 298 g/mol. The molecule has 1 atom stereocenters. The van der Waals surface area contributed by atoms with Crippen molar-refractivity contribution in [2.45, 2.75) is 26.8 Å². The van der Waals surface area contributed by atoms with Gasteiger partial charge in [0.1, 0.15) is 0 Å². The molecule has 0 saturated carbocycles. The van der Waals surface area contributed by atoms with Crippen molar-refractivity contribution in [3.63, 3.8) is 0 Å². The summed E-state index contributed by atoms with van der Waals surface area (Å²) in [5.41, 5.74) is 3.75. The van der Waals surface area contributed by atoms with Gasteiger partial charge in [0.05, 0.1) is 23.1 Å². The van der Waals surface area contributed by atoms with E-state index < -0.39 is 0 Å². The molecule has 22 heavy (non-hydrogen) atoms. The Bertz CT molecular complexity index is 692. The van der Waals surface area contributed by atoms with Crippen LogP contribution in [-0.4, -0.2) is 46.3 Å². The fraction of sp³-hybridized carbons (Fsp3) is 0.412. The van der Waals surface area contributed by atoms with Crippen LogP contribution in [0.1, 0.15) is 28.5 Å². The summed E-state index contributed by atoms with van der Waals surface area (Å²) in [7, 11) is 0. The Labute approximate surface area is 130 Å². The Morgan fingerprint density at radius 2 is 2.09 bits per heavy atom. The van der Waals surface area contributed by atoms with Crippen molar-refractivity contribution in [2.75, 3.05) is 19.6 Å². The minimum absolute atomic E-state index is 0.0747. The van der Waals surface area contributed by atoms with Gasteiger partial charge in [-0.3, -0.25) is 4.79 Å². The van der Waals surface area contributed by atoms with Crippen LogP contribution in [0.3, 0.4) is 0 Å².